The molecule has 0 amide bonds. The lowest BCUT2D eigenvalue weighted by molar-refractivity contribution is 0.0990. The van der Waals surface area contributed by atoms with Crippen molar-refractivity contribution in [1.29, 1.82) is 0 Å². The third-order valence-electron chi connectivity index (χ3n) is 3.16. The largest absolute Gasteiger partial charge is 0.396 e. The summed E-state index contributed by atoms with van der Waals surface area (Å²) in [5, 5.41) is 15.0. The molecule has 4 heteroatoms. The van der Waals surface area contributed by atoms with Gasteiger partial charge in [0.2, 0.25) is 0 Å². The maximum absolute atomic E-state index is 11.9. The minimum absolute atomic E-state index is 0.112. The molecule has 0 radical (unpaired) electrons. The molecule has 1 aromatic rings. The van der Waals surface area contributed by atoms with E-state index in [-0.39, 0.29) is 12.4 Å². The summed E-state index contributed by atoms with van der Waals surface area (Å²) in [5.74, 6) is 0.112. The highest BCUT2D eigenvalue weighted by atomic mass is 16.3. The minimum atomic E-state index is 0.112. The van der Waals surface area contributed by atoms with Gasteiger partial charge >= 0.3 is 0 Å². The summed E-state index contributed by atoms with van der Waals surface area (Å²) in [6.07, 6.45) is 2.85. The number of rotatable bonds is 6. The van der Waals surface area contributed by atoms with E-state index in [1.54, 1.807) is 0 Å². The second-order valence-corrected chi connectivity index (χ2v) is 4.58. The fraction of sp³-hybridized carbons (Fsp3) is 0.500. The molecule has 0 spiro atoms. The molecule has 1 aliphatic rings. The Labute approximate surface area is 107 Å². The molecule has 1 heterocycles. The third-order valence-corrected chi connectivity index (χ3v) is 3.16. The third kappa shape index (κ3) is 3.31. The van der Waals surface area contributed by atoms with Gasteiger partial charge in [0, 0.05) is 24.4 Å². The summed E-state index contributed by atoms with van der Waals surface area (Å²) in [5.41, 5.74) is 3.17. The van der Waals surface area contributed by atoms with Gasteiger partial charge in [0.15, 0.2) is 5.78 Å². The van der Waals surface area contributed by atoms with E-state index >= 15 is 0 Å². The summed E-state index contributed by atoms with van der Waals surface area (Å²) in [6, 6.07) is 5.88. The minimum Gasteiger partial charge on any atom is -0.396 e. The van der Waals surface area contributed by atoms with Gasteiger partial charge in [-0.1, -0.05) is 0 Å². The lowest BCUT2D eigenvalue weighted by Gasteiger charge is -2.18. The average molecular weight is 248 g/mol. The zero-order valence-corrected chi connectivity index (χ0v) is 10.5. The highest BCUT2D eigenvalue weighted by Crippen LogP contribution is 2.22. The molecule has 0 aromatic heterocycles. The Morgan fingerprint density at radius 1 is 1.44 bits per heavy atom. The number of carbonyl (C=O) groups is 1. The molecule has 4 nitrogen and oxygen atoms in total. The molecule has 0 atom stereocenters. The van der Waals surface area contributed by atoms with Gasteiger partial charge < -0.3 is 15.7 Å². The monoisotopic (exact) mass is 248 g/mol. The Morgan fingerprint density at radius 2 is 2.33 bits per heavy atom. The maximum atomic E-state index is 11.9. The lowest BCUT2D eigenvalue weighted by Crippen LogP contribution is -2.24. The molecule has 98 valence electrons. The number of anilines is 1. The smallest absolute Gasteiger partial charge is 0.176 e. The van der Waals surface area contributed by atoms with Crippen molar-refractivity contribution >= 4 is 11.5 Å². The number of aliphatic hydroxyl groups excluding tert-OH is 1. The first-order valence-electron chi connectivity index (χ1n) is 6.53. The van der Waals surface area contributed by atoms with Gasteiger partial charge in [-0.2, -0.15) is 0 Å². The lowest BCUT2D eigenvalue weighted by atomic mass is 9.99. The first-order chi connectivity index (χ1) is 8.81. The van der Waals surface area contributed by atoms with Gasteiger partial charge in [-0.05, 0) is 49.6 Å². The number of nitrogens with one attached hydrogen (secondary N) is 2. The topological polar surface area (TPSA) is 61.4 Å². The van der Waals surface area contributed by atoms with Crippen LogP contribution in [0, 0.1) is 0 Å². The number of benzene rings is 1. The number of Topliss-reactive ketones (excluding diaryl/α,β-unsaturated/α-hetero) is 1. The van der Waals surface area contributed by atoms with Crippen LogP contribution in [0.15, 0.2) is 18.2 Å². The quantitative estimate of drug-likeness (QED) is 0.523. The molecule has 2 rings (SSSR count). The van der Waals surface area contributed by atoms with E-state index in [0.29, 0.717) is 19.5 Å². The fourth-order valence-corrected chi connectivity index (χ4v) is 2.16. The Hall–Kier alpha value is -1.39. The Bertz CT molecular complexity index is 418. The summed E-state index contributed by atoms with van der Waals surface area (Å²) >= 11 is 0. The first-order valence-corrected chi connectivity index (χ1v) is 6.53. The summed E-state index contributed by atoms with van der Waals surface area (Å²) in [4.78, 5) is 11.9. The molecule has 3 N–H and O–H groups in total. The standard InChI is InChI=1S/C14H20N2O2/c17-8-2-6-15-10-14(18)12-4-5-13-11(9-12)3-1-7-16-13/h4-5,9,15-17H,1-3,6-8,10H2. The van der Waals surface area contributed by atoms with Gasteiger partial charge in [-0.25, -0.2) is 0 Å². The number of hydrogen-bond acceptors (Lipinski definition) is 4. The normalized spacial score (nSPS) is 13.8. The van der Waals surface area contributed by atoms with Crippen molar-refractivity contribution in [3.63, 3.8) is 0 Å². The van der Waals surface area contributed by atoms with Crippen LogP contribution in [0.5, 0.6) is 0 Å². The van der Waals surface area contributed by atoms with Gasteiger partial charge in [-0.15, -0.1) is 0 Å². The maximum Gasteiger partial charge on any atom is 0.176 e. The summed E-state index contributed by atoms with van der Waals surface area (Å²) in [6.45, 7) is 2.19. The van der Waals surface area contributed by atoms with Crippen LogP contribution in [0.25, 0.3) is 0 Å². The van der Waals surface area contributed by atoms with Crippen LogP contribution in [0.4, 0.5) is 5.69 Å². The average Bonchev–Trinajstić information content (AvgIpc) is 2.43. The van der Waals surface area contributed by atoms with Crippen molar-refractivity contribution in [3.8, 4) is 0 Å². The van der Waals surface area contributed by atoms with E-state index < -0.39 is 0 Å². The van der Waals surface area contributed by atoms with E-state index in [9.17, 15) is 4.79 Å². The van der Waals surface area contributed by atoms with Gasteiger partial charge in [0.25, 0.3) is 0 Å². The number of aliphatic hydroxyl groups is 1. The first kappa shape index (κ1) is 13.1. The molecule has 0 saturated carbocycles. The second kappa shape index (κ2) is 6.52. The van der Waals surface area contributed by atoms with Crippen LogP contribution in [-0.4, -0.2) is 37.1 Å². The highest BCUT2D eigenvalue weighted by molar-refractivity contribution is 5.98. The van der Waals surface area contributed by atoms with Crippen LogP contribution < -0.4 is 10.6 Å². The number of hydrogen-bond donors (Lipinski definition) is 3. The molecule has 0 saturated heterocycles. The Balaban J connectivity index is 1.94. The highest BCUT2D eigenvalue weighted by Gasteiger charge is 2.12. The fourth-order valence-electron chi connectivity index (χ4n) is 2.16. The van der Waals surface area contributed by atoms with E-state index in [4.69, 9.17) is 5.11 Å². The summed E-state index contributed by atoms with van der Waals surface area (Å²) in [7, 11) is 0. The van der Waals surface area contributed by atoms with E-state index in [2.05, 4.69) is 10.6 Å². The Kier molecular flexibility index (Phi) is 4.73. The molecule has 18 heavy (non-hydrogen) atoms. The predicted molar refractivity (Wildman–Crippen MR) is 72.2 cm³/mol. The molecule has 0 fully saturated rings. The molecule has 0 aliphatic carbocycles. The van der Waals surface area contributed by atoms with Gasteiger partial charge in [0.1, 0.15) is 0 Å². The molecule has 0 unspecified atom stereocenters. The van der Waals surface area contributed by atoms with Crippen molar-refractivity contribution in [2.24, 2.45) is 0 Å². The SMILES string of the molecule is O=C(CNCCCO)c1ccc2c(c1)CCCN2. The number of ketones is 1. The Morgan fingerprint density at radius 3 is 3.17 bits per heavy atom. The number of fused-ring (bicyclic) bond motifs is 1. The number of aryl methyl sites for hydroxylation is 1. The van der Waals surface area contributed by atoms with E-state index in [1.165, 1.54) is 5.56 Å². The van der Waals surface area contributed by atoms with Crippen molar-refractivity contribution < 1.29 is 9.90 Å². The van der Waals surface area contributed by atoms with E-state index in [0.717, 1.165) is 30.6 Å². The van der Waals surface area contributed by atoms with E-state index in [1.807, 2.05) is 18.2 Å². The van der Waals surface area contributed by atoms with Crippen molar-refractivity contribution in [2.75, 3.05) is 31.6 Å². The zero-order chi connectivity index (χ0) is 12.8. The molecular formula is C14H20N2O2. The summed E-state index contributed by atoms with van der Waals surface area (Å²) < 4.78 is 0. The second-order valence-electron chi connectivity index (χ2n) is 4.58. The zero-order valence-electron chi connectivity index (χ0n) is 10.5. The number of carbonyl (C=O) groups excluding carboxylic acids is 1. The molecular weight excluding hydrogens is 228 g/mol. The van der Waals surface area contributed by atoms with Gasteiger partial charge in [-0.3, -0.25) is 4.79 Å². The predicted octanol–water partition coefficient (Wildman–Crippen LogP) is 1.20. The van der Waals surface area contributed by atoms with Crippen LogP contribution in [0.3, 0.4) is 0 Å². The van der Waals surface area contributed by atoms with Crippen molar-refractivity contribution in [3.05, 3.63) is 29.3 Å². The van der Waals surface area contributed by atoms with Gasteiger partial charge in [0.05, 0.1) is 6.54 Å². The molecule has 1 aliphatic heterocycles. The van der Waals surface area contributed by atoms with Crippen LogP contribution in [-0.2, 0) is 6.42 Å². The van der Waals surface area contributed by atoms with Crippen molar-refractivity contribution in [1.82, 2.24) is 5.32 Å². The van der Waals surface area contributed by atoms with Crippen molar-refractivity contribution in [2.45, 2.75) is 19.3 Å². The molecule has 1 aromatic carbocycles. The van der Waals surface area contributed by atoms with Crippen LogP contribution >= 0.6 is 0 Å². The van der Waals surface area contributed by atoms with Crippen LogP contribution in [0.1, 0.15) is 28.8 Å². The molecule has 0 bridgehead atoms. The van der Waals surface area contributed by atoms with Crippen LogP contribution in [0.2, 0.25) is 0 Å².